The van der Waals surface area contributed by atoms with Crippen molar-refractivity contribution in [1.29, 1.82) is 0 Å². The average molecular weight is 302 g/mol. The molecule has 1 aromatic rings. The van der Waals surface area contributed by atoms with Gasteiger partial charge in [-0.1, -0.05) is 32.9 Å². The second-order valence-electron chi connectivity index (χ2n) is 7.85. The van der Waals surface area contributed by atoms with Gasteiger partial charge >= 0.3 is 0 Å². The molecule has 1 aliphatic rings. The summed E-state index contributed by atoms with van der Waals surface area (Å²) in [6.07, 6.45) is 0.505. The van der Waals surface area contributed by atoms with Crippen LogP contribution in [0.2, 0.25) is 0 Å². The molecule has 0 saturated carbocycles. The highest BCUT2D eigenvalue weighted by Gasteiger charge is 2.42. The summed E-state index contributed by atoms with van der Waals surface area (Å²) in [6.45, 7) is 10.5. The summed E-state index contributed by atoms with van der Waals surface area (Å²) < 4.78 is 0. The largest absolute Gasteiger partial charge is 0.352 e. The fourth-order valence-corrected chi connectivity index (χ4v) is 2.87. The molecule has 0 aromatic heterocycles. The zero-order valence-electron chi connectivity index (χ0n) is 14.4. The first-order valence-corrected chi connectivity index (χ1v) is 7.70. The maximum absolute atomic E-state index is 12.3. The van der Waals surface area contributed by atoms with Crippen molar-refractivity contribution in [3.63, 3.8) is 0 Å². The van der Waals surface area contributed by atoms with Gasteiger partial charge in [0.15, 0.2) is 0 Å². The highest BCUT2D eigenvalue weighted by molar-refractivity contribution is 6.07. The van der Waals surface area contributed by atoms with E-state index in [0.29, 0.717) is 13.0 Å². The Hall–Kier alpha value is -1.84. The number of nitrogens with one attached hydrogen (secondary N) is 1. The predicted molar refractivity (Wildman–Crippen MR) is 88.8 cm³/mol. The third kappa shape index (κ3) is 3.16. The molecule has 0 spiro atoms. The SMILES string of the molecule is CN1C(=O)C(C)(C)c2cc(CNC(=O)CC(C)(C)C)ccc21. The van der Waals surface area contributed by atoms with Crippen LogP contribution in [0.3, 0.4) is 0 Å². The van der Waals surface area contributed by atoms with Crippen LogP contribution in [0.4, 0.5) is 5.69 Å². The van der Waals surface area contributed by atoms with E-state index < -0.39 is 5.41 Å². The number of carbonyl (C=O) groups excluding carboxylic acids is 2. The summed E-state index contributed by atoms with van der Waals surface area (Å²) in [4.78, 5) is 25.9. The van der Waals surface area contributed by atoms with Gasteiger partial charge < -0.3 is 10.2 Å². The van der Waals surface area contributed by atoms with Gasteiger partial charge in [-0.15, -0.1) is 0 Å². The molecule has 0 aliphatic carbocycles. The van der Waals surface area contributed by atoms with Crippen LogP contribution in [-0.4, -0.2) is 18.9 Å². The van der Waals surface area contributed by atoms with Crippen LogP contribution in [-0.2, 0) is 21.5 Å². The Balaban J connectivity index is 2.12. The van der Waals surface area contributed by atoms with Gasteiger partial charge in [-0.25, -0.2) is 0 Å². The first-order chi connectivity index (χ1) is 10.0. The quantitative estimate of drug-likeness (QED) is 0.933. The Morgan fingerprint density at radius 2 is 1.91 bits per heavy atom. The van der Waals surface area contributed by atoms with Gasteiger partial charge in [0.2, 0.25) is 11.8 Å². The molecule has 0 fully saturated rings. The van der Waals surface area contributed by atoms with Crippen molar-refractivity contribution in [3.05, 3.63) is 29.3 Å². The molecule has 1 N–H and O–H groups in total. The Labute approximate surface area is 132 Å². The molecule has 2 rings (SSSR count). The first kappa shape index (κ1) is 16.5. The number of hydrogen-bond donors (Lipinski definition) is 1. The highest BCUT2D eigenvalue weighted by Crippen LogP contribution is 2.40. The fourth-order valence-electron chi connectivity index (χ4n) is 2.87. The number of nitrogens with zero attached hydrogens (tertiary/aromatic N) is 1. The fraction of sp³-hybridized carbons (Fsp3) is 0.556. The monoisotopic (exact) mass is 302 g/mol. The second kappa shape index (κ2) is 5.41. The van der Waals surface area contributed by atoms with Crippen molar-refractivity contribution in [2.45, 2.75) is 53.0 Å². The lowest BCUT2D eigenvalue weighted by Crippen LogP contribution is -2.33. The van der Waals surface area contributed by atoms with E-state index in [2.05, 4.69) is 5.32 Å². The number of amides is 2. The van der Waals surface area contributed by atoms with Crippen molar-refractivity contribution in [2.75, 3.05) is 11.9 Å². The highest BCUT2D eigenvalue weighted by atomic mass is 16.2. The molecular weight excluding hydrogens is 276 g/mol. The number of benzene rings is 1. The number of carbonyl (C=O) groups is 2. The number of fused-ring (bicyclic) bond motifs is 1. The molecule has 2 amide bonds. The van der Waals surface area contributed by atoms with Gasteiger partial charge in [0.25, 0.3) is 0 Å². The Morgan fingerprint density at radius 3 is 2.50 bits per heavy atom. The lowest BCUT2D eigenvalue weighted by atomic mass is 9.85. The van der Waals surface area contributed by atoms with Gasteiger partial charge in [0.1, 0.15) is 0 Å². The summed E-state index contributed by atoms with van der Waals surface area (Å²) in [7, 11) is 1.81. The number of hydrogen-bond acceptors (Lipinski definition) is 2. The minimum atomic E-state index is -0.504. The van der Waals surface area contributed by atoms with E-state index in [0.717, 1.165) is 16.8 Å². The van der Waals surface area contributed by atoms with Crippen LogP contribution in [0, 0.1) is 5.41 Å². The standard InChI is InChI=1S/C18H26N2O2/c1-17(2,3)10-15(21)19-11-12-7-8-14-13(9-12)18(4,5)16(22)20(14)6/h7-9H,10-11H2,1-6H3,(H,19,21). The van der Waals surface area contributed by atoms with Crippen molar-refractivity contribution < 1.29 is 9.59 Å². The van der Waals surface area contributed by atoms with E-state index in [1.54, 1.807) is 11.9 Å². The smallest absolute Gasteiger partial charge is 0.236 e. The Bertz CT molecular complexity index is 612. The van der Waals surface area contributed by atoms with Gasteiger partial charge in [0, 0.05) is 25.7 Å². The molecule has 0 bridgehead atoms. The molecule has 0 unspecified atom stereocenters. The Morgan fingerprint density at radius 1 is 1.27 bits per heavy atom. The van der Waals surface area contributed by atoms with Gasteiger partial charge in [0.05, 0.1) is 5.41 Å². The summed E-state index contributed by atoms with van der Waals surface area (Å²) >= 11 is 0. The van der Waals surface area contributed by atoms with E-state index in [9.17, 15) is 9.59 Å². The zero-order chi connectivity index (χ0) is 16.7. The molecule has 1 heterocycles. The number of rotatable bonds is 3. The topological polar surface area (TPSA) is 49.4 Å². The molecule has 22 heavy (non-hydrogen) atoms. The second-order valence-corrected chi connectivity index (χ2v) is 7.85. The lowest BCUT2D eigenvalue weighted by Gasteiger charge is -2.18. The summed E-state index contributed by atoms with van der Waals surface area (Å²) in [5, 5.41) is 2.96. The van der Waals surface area contributed by atoms with E-state index in [1.807, 2.05) is 52.8 Å². The molecule has 0 saturated heterocycles. The number of likely N-dealkylation sites (N-methyl/N-ethyl adjacent to an activating group) is 1. The molecule has 4 nitrogen and oxygen atoms in total. The van der Waals surface area contributed by atoms with Crippen LogP contribution in [0.15, 0.2) is 18.2 Å². The first-order valence-electron chi connectivity index (χ1n) is 7.70. The van der Waals surface area contributed by atoms with Gasteiger partial charge in [-0.2, -0.15) is 0 Å². The van der Waals surface area contributed by atoms with E-state index in [4.69, 9.17) is 0 Å². The van der Waals surface area contributed by atoms with Crippen LogP contribution in [0.1, 0.15) is 52.2 Å². The van der Waals surface area contributed by atoms with Crippen LogP contribution in [0.5, 0.6) is 0 Å². The van der Waals surface area contributed by atoms with E-state index >= 15 is 0 Å². The maximum Gasteiger partial charge on any atom is 0.236 e. The van der Waals surface area contributed by atoms with Crippen molar-refractivity contribution in [1.82, 2.24) is 5.32 Å². The maximum atomic E-state index is 12.3. The van der Waals surface area contributed by atoms with Crippen LogP contribution in [0.25, 0.3) is 0 Å². The lowest BCUT2D eigenvalue weighted by molar-refractivity contribution is -0.123. The van der Waals surface area contributed by atoms with Crippen molar-refractivity contribution in [3.8, 4) is 0 Å². The normalized spacial score (nSPS) is 16.6. The van der Waals surface area contributed by atoms with Crippen LogP contribution >= 0.6 is 0 Å². The molecule has 120 valence electrons. The molecule has 0 atom stereocenters. The Kier molecular flexibility index (Phi) is 4.07. The third-order valence-corrected chi connectivity index (χ3v) is 4.12. The van der Waals surface area contributed by atoms with E-state index in [1.165, 1.54) is 0 Å². The summed E-state index contributed by atoms with van der Waals surface area (Å²) in [5.74, 6) is 0.164. The van der Waals surface area contributed by atoms with Crippen molar-refractivity contribution >= 4 is 17.5 Å². The number of anilines is 1. The predicted octanol–water partition coefficient (Wildman–Crippen LogP) is 2.99. The minimum absolute atomic E-state index is 0.0147. The summed E-state index contributed by atoms with van der Waals surface area (Å²) in [5.41, 5.74) is 2.49. The average Bonchev–Trinajstić information content (AvgIpc) is 2.56. The molecule has 4 heteroatoms. The molecular formula is C18H26N2O2. The van der Waals surface area contributed by atoms with Gasteiger partial charge in [-0.3, -0.25) is 9.59 Å². The zero-order valence-corrected chi connectivity index (χ0v) is 14.4. The molecule has 0 radical (unpaired) electrons. The molecule has 1 aromatic carbocycles. The van der Waals surface area contributed by atoms with Crippen molar-refractivity contribution in [2.24, 2.45) is 5.41 Å². The van der Waals surface area contributed by atoms with E-state index in [-0.39, 0.29) is 17.2 Å². The summed E-state index contributed by atoms with van der Waals surface area (Å²) in [6, 6.07) is 5.97. The van der Waals surface area contributed by atoms with Gasteiger partial charge in [-0.05, 0) is 36.5 Å². The molecule has 1 aliphatic heterocycles. The third-order valence-electron chi connectivity index (χ3n) is 4.12. The van der Waals surface area contributed by atoms with Crippen LogP contribution < -0.4 is 10.2 Å². The minimum Gasteiger partial charge on any atom is -0.352 e.